The number of rotatable bonds is 3. The molecule has 1 saturated carbocycles. The topological polar surface area (TPSA) is 41.1 Å². The Balaban J connectivity index is 1.75. The van der Waals surface area contributed by atoms with Crippen LogP contribution in [0.5, 0.6) is 0 Å². The van der Waals surface area contributed by atoms with Gasteiger partial charge in [-0.1, -0.05) is 46.6 Å². The standard InChI is InChI=1S/C17H21BrN2O/c1-11-13-7-3-4-8-14(13)16(18)20-17(11)19-10-12-6-2-5-9-15(12)21/h3-4,7-8,12,16,19-20H,2,5-6,9-10H2,1H3/t12-,16+/m1/s1. The van der Waals surface area contributed by atoms with E-state index in [1.165, 1.54) is 23.1 Å². The molecule has 1 heterocycles. The molecule has 2 N–H and O–H groups in total. The number of hydrogen-bond acceptors (Lipinski definition) is 3. The molecule has 0 unspecified atom stereocenters. The van der Waals surface area contributed by atoms with Crippen molar-refractivity contribution < 1.29 is 4.79 Å². The Bertz CT molecular complexity index is 582. The Morgan fingerprint density at radius 1 is 1.33 bits per heavy atom. The van der Waals surface area contributed by atoms with E-state index >= 15 is 0 Å². The van der Waals surface area contributed by atoms with Gasteiger partial charge in [0.1, 0.15) is 16.6 Å². The summed E-state index contributed by atoms with van der Waals surface area (Å²) in [6, 6.07) is 8.40. The van der Waals surface area contributed by atoms with E-state index in [1.54, 1.807) is 0 Å². The maximum atomic E-state index is 11.9. The second kappa shape index (κ2) is 6.22. The smallest absolute Gasteiger partial charge is 0.137 e. The van der Waals surface area contributed by atoms with Crippen LogP contribution in [-0.2, 0) is 4.79 Å². The predicted molar refractivity (Wildman–Crippen MR) is 88.8 cm³/mol. The number of allylic oxidation sites excluding steroid dienone is 1. The summed E-state index contributed by atoms with van der Waals surface area (Å²) in [6.07, 6.45) is 4.01. The van der Waals surface area contributed by atoms with Gasteiger partial charge in [0.25, 0.3) is 0 Å². The van der Waals surface area contributed by atoms with Gasteiger partial charge < -0.3 is 10.6 Å². The van der Waals surface area contributed by atoms with Gasteiger partial charge in [0.05, 0.1) is 0 Å². The fourth-order valence-corrected chi connectivity index (χ4v) is 3.81. The molecule has 0 radical (unpaired) electrons. The van der Waals surface area contributed by atoms with Crippen molar-refractivity contribution in [3.8, 4) is 0 Å². The van der Waals surface area contributed by atoms with Crippen molar-refractivity contribution in [1.29, 1.82) is 0 Å². The zero-order valence-electron chi connectivity index (χ0n) is 12.3. The molecule has 112 valence electrons. The minimum Gasteiger partial charge on any atom is -0.371 e. The Kier molecular flexibility index (Phi) is 4.34. The van der Waals surface area contributed by atoms with Crippen molar-refractivity contribution in [3.63, 3.8) is 0 Å². The second-order valence-electron chi connectivity index (χ2n) is 5.88. The average molecular weight is 349 g/mol. The summed E-state index contributed by atoms with van der Waals surface area (Å²) < 4.78 is 0. The fourth-order valence-electron chi connectivity index (χ4n) is 3.19. The molecule has 2 atom stereocenters. The number of nitrogens with one attached hydrogen (secondary N) is 2. The van der Waals surface area contributed by atoms with Gasteiger partial charge in [-0.05, 0) is 36.5 Å². The highest BCUT2D eigenvalue weighted by Gasteiger charge is 2.25. The monoisotopic (exact) mass is 348 g/mol. The Hall–Kier alpha value is -1.29. The second-order valence-corrected chi connectivity index (χ2v) is 6.80. The molecule has 0 amide bonds. The molecule has 1 aromatic carbocycles. The van der Waals surface area contributed by atoms with Crippen LogP contribution in [0.4, 0.5) is 0 Å². The lowest BCUT2D eigenvalue weighted by Crippen LogP contribution is -2.37. The van der Waals surface area contributed by atoms with Crippen LogP contribution in [0.25, 0.3) is 5.57 Å². The summed E-state index contributed by atoms with van der Waals surface area (Å²) >= 11 is 3.68. The largest absolute Gasteiger partial charge is 0.371 e. The molecule has 4 heteroatoms. The SMILES string of the molecule is CC1=C(NC[C@H]2CCCCC2=O)N[C@H](Br)c2ccccc21. The highest BCUT2D eigenvalue weighted by Crippen LogP contribution is 2.34. The normalized spacial score (nSPS) is 25.3. The highest BCUT2D eigenvalue weighted by atomic mass is 79.9. The summed E-state index contributed by atoms with van der Waals surface area (Å²) in [7, 11) is 0. The van der Waals surface area contributed by atoms with Crippen molar-refractivity contribution in [2.24, 2.45) is 5.92 Å². The number of hydrogen-bond donors (Lipinski definition) is 2. The van der Waals surface area contributed by atoms with E-state index in [-0.39, 0.29) is 10.9 Å². The van der Waals surface area contributed by atoms with Crippen molar-refractivity contribution in [2.45, 2.75) is 37.6 Å². The molecule has 1 aliphatic heterocycles. The highest BCUT2D eigenvalue weighted by molar-refractivity contribution is 9.09. The van der Waals surface area contributed by atoms with Gasteiger partial charge in [0.2, 0.25) is 0 Å². The summed E-state index contributed by atoms with van der Waals surface area (Å²) in [5, 5.41) is 6.91. The molecule has 0 saturated heterocycles. The number of fused-ring (bicyclic) bond motifs is 1. The lowest BCUT2D eigenvalue weighted by molar-refractivity contribution is -0.124. The van der Waals surface area contributed by atoms with Crippen molar-refractivity contribution >= 4 is 27.3 Å². The van der Waals surface area contributed by atoms with E-state index < -0.39 is 0 Å². The molecule has 2 aliphatic rings. The Labute approximate surface area is 134 Å². The lowest BCUT2D eigenvalue weighted by Gasteiger charge is -2.30. The number of alkyl halides is 1. The predicted octanol–water partition coefficient (Wildman–Crippen LogP) is 3.72. The van der Waals surface area contributed by atoms with Crippen LogP contribution in [0.1, 0.15) is 48.7 Å². The number of carbonyl (C=O) groups excluding carboxylic acids is 1. The molecule has 1 aliphatic carbocycles. The first-order valence-electron chi connectivity index (χ1n) is 7.64. The van der Waals surface area contributed by atoms with Gasteiger partial charge in [-0.25, -0.2) is 0 Å². The quantitative estimate of drug-likeness (QED) is 0.646. The number of ketones is 1. The molecule has 1 aromatic rings. The van der Waals surface area contributed by atoms with Gasteiger partial charge in [0, 0.05) is 18.9 Å². The van der Waals surface area contributed by atoms with Gasteiger partial charge in [-0.3, -0.25) is 4.79 Å². The van der Waals surface area contributed by atoms with E-state index in [0.717, 1.165) is 31.6 Å². The van der Waals surface area contributed by atoms with Crippen LogP contribution < -0.4 is 10.6 Å². The number of benzene rings is 1. The van der Waals surface area contributed by atoms with Gasteiger partial charge >= 0.3 is 0 Å². The van der Waals surface area contributed by atoms with Crippen molar-refractivity contribution in [2.75, 3.05) is 6.54 Å². The number of halogens is 1. The fraction of sp³-hybridized carbons (Fsp3) is 0.471. The van der Waals surface area contributed by atoms with Gasteiger partial charge in [0.15, 0.2) is 0 Å². The minimum atomic E-state index is 0.113. The third-order valence-corrected chi connectivity index (χ3v) is 5.21. The molecule has 3 nitrogen and oxygen atoms in total. The molecule has 0 spiro atoms. The summed E-state index contributed by atoms with van der Waals surface area (Å²) in [5.74, 6) is 1.62. The van der Waals surface area contributed by atoms with Crippen LogP contribution in [-0.4, -0.2) is 12.3 Å². The van der Waals surface area contributed by atoms with Crippen molar-refractivity contribution in [3.05, 3.63) is 41.2 Å². The number of Topliss-reactive ketones (excluding diaryl/α,β-unsaturated/α-hetero) is 1. The van der Waals surface area contributed by atoms with E-state index in [0.29, 0.717) is 5.78 Å². The van der Waals surface area contributed by atoms with E-state index in [4.69, 9.17) is 0 Å². The summed E-state index contributed by atoms with van der Waals surface area (Å²) in [5.41, 5.74) is 3.73. The Morgan fingerprint density at radius 3 is 2.95 bits per heavy atom. The maximum absolute atomic E-state index is 11.9. The summed E-state index contributed by atoms with van der Waals surface area (Å²) in [6.45, 7) is 2.86. The van der Waals surface area contributed by atoms with E-state index in [9.17, 15) is 4.79 Å². The van der Waals surface area contributed by atoms with Crippen LogP contribution in [0.15, 0.2) is 30.1 Å². The average Bonchev–Trinajstić information content (AvgIpc) is 2.51. The zero-order valence-corrected chi connectivity index (χ0v) is 13.9. The molecular weight excluding hydrogens is 328 g/mol. The van der Waals surface area contributed by atoms with E-state index in [1.807, 2.05) is 0 Å². The lowest BCUT2D eigenvalue weighted by atomic mass is 9.88. The summed E-state index contributed by atoms with van der Waals surface area (Å²) in [4.78, 5) is 12.0. The van der Waals surface area contributed by atoms with Crippen LogP contribution in [0, 0.1) is 5.92 Å². The van der Waals surface area contributed by atoms with Crippen molar-refractivity contribution in [1.82, 2.24) is 10.6 Å². The van der Waals surface area contributed by atoms with Crippen LogP contribution in [0.2, 0.25) is 0 Å². The molecule has 0 aromatic heterocycles. The molecule has 0 bridgehead atoms. The minimum absolute atomic E-state index is 0.113. The van der Waals surface area contributed by atoms with E-state index in [2.05, 4.69) is 57.8 Å². The zero-order chi connectivity index (χ0) is 14.8. The third-order valence-electron chi connectivity index (χ3n) is 4.49. The first-order chi connectivity index (χ1) is 10.2. The number of carbonyl (C=O) groups is 1. The molecule has 21 heavy (non-hydrogen) atoms. The third kappa shape index (κ3) is 3.00. The van der Waals surface area contributed by atoms with Crippen LogP contribution in [0.3, 0.4) is 0 Å². The molecule has 1 fully saturated rings. The first kappa shape index (κ1) is 14.6. The van der Waals surface area contributed by atoms with Gasteiger partial charge in [-0.15, -0.1) is 0 Å². The Morgan fingerprint density at radius 2 is 2.14 bits per heavy atom. The first-order valence-corrected chi connectivity index (χ1v) is 8.55. The molecule has 3 rings (SSSR count). The van der Waals surface area contributed by atoms with Gasteiger partial charge in [-0.2, -0.15) is 0 Å². The van der Waals surface area contributed by atoms with Crippen LogP contribution >= 0.6 is 15.9 Å². The molecular formula is C17H21BrN2O. The maximum Gasteiger partial charge on any atom is 0.137 e.